The Kier molecular flexibility index (Phi) is 9.84. The fourth-order valence-corrected chi connectivity index (χ4v) is 2.47. The fraction of sp³-hybridized carbons (Fsp3) is 0.556. The summed E-state index contributed by atoms with van der Waals surface area (Å²) in [6.45, 7) is 5.11. The Bertz CT molecular complexity index is 569. The molecule has 1 rings (SSSR count). The first kappa shape index (κ1) is 21.2. The first-order valence-electron chi connectivity index (χ1n) is 8.61. The van der Waals surface area contributed by atoms with Crippen molar-refractivity contribution in [2.45, 2.75) is 46.0 Å². The number of benzene rings is 1. The molecule has 0 unspecified atom stereocenters. The third-order valence-corrected chi connectivity index (χ3v) is 4.05. The molecule has 0 saturated carbocycles. The molecule has 0 saturated heterocycles. The van der Waals surface area contributed by atoms with Crippen molar-refractivity contribution in [3.8, 4) is 5.75 Å². The van der Waals surface area contributed by atoms with Gasteiger partial charge in [0.25, 0.3) is 0 Å². The minimum Gasteiger partial charge on any atom is -0.494 e. The molecule has 3 N–H and O–H groups in total. The van der Waals surface area contributed by atoms with Crippen LogP contribution in [0, 0.1) is 11.7 Å². The second kappa shape index (κ2) is 11.6. The van der Waals surface area contributed by atoms with Crippen molar-refractivity contribution in [1.82, 2.24) is 16.2 Å². The largest absolute Gasteiger partial charge is 0.494 e. The maximum atomic E-state index is 13.6. The molecule has 0 spiro atoms. The molecule has 25 heavy (non-hydrogen) atoms. The standard InChI is InChI=1S/C18H28FN3O2S/c1-4-5-6-7-13(2)12-20-18(25)22-21-17(23)11-14-8-9-16(24-3)15(19)10-14/h8-10,13H,4-7,11-12H2,1-3H3,(H,21,23)(H2,20,22,25)/t13-/m0/s1. The lowest BCUT2D eigenvalue weighted by molar-refractivity contribution is -0.121. The Hall–Kier alpha value is -1.89. The molecule has 0 heterocycles. The van der Waals surface area contributed by atoms with Gasteiger partial charge in [-0.05, 0) is 42.3 Å². The molecular weight excluding hydrogens is 341 g/mol. The van der Waals surface area contributed by atoms with E-state index in [1.54, 1.807) is 6.07 Å². The third kappa shape index (κ3) is 8.67. The number of hydrazine groups is 1. The zero-order chi connectivity index (χ0) is 18.7. The van der Waals surface area contributed by atoms with Crippen LogP contribution in [0.15, 0.2) is 18.2 Å². The van der Waals surface area contributed by atoms with Crippen LogP contribution in [0.3, 0.4) is 0 Å². The average molecular weight is 370 g/mol. The molecule has 5 nitrogen and oxygen atoms in total. The number of hydrogen-bond acceptors (Lipinski definition) is 3. The number of carbonyl (C=O) groups is 1. The lowest BCUT2D eigenvalue weighted by atomic mass is 10.0. The maximum absolute atomic E-state index is 13.6. The Morgan fingerprint density at radius 2 is 2.08 bits per heavy atom. The first-order chi connectivity index (χ1) is 12.0. The number of thiocarbonyl (C=S) groups is 1. The van der Waals surface area contributed by atoms with E-state index in [0.29, 0.717) is 16.6 Å². The van der Waals surface area contributed by atoms with Crippen molar-refractivity contribution in [1.29, 1.82) is 0 Å². The maximum Gasteiger partial charge on any atom is 0.242 e. The average Bonchev–Trinajstić information content (AvgIpc) is 2.58. The van der Waals surface area contributed by atoms with Crippen molar-refractivity contribution >= 4 is 23.2 Å². The van der Waals surface area contributed by atoms with Gasteiger partial charge in [0.15, 0.2) is 16.7 Å². The SMILES string of the molecule is CCCCC[C@H](C)CNC(=S)NNC(=O)Cc1ccc(OC)c(F)c1. The summed E-state index contributed by atoms with van der Waals surface area (Å²) in [5, 5.41) is 3.45. The number of hydrogen-bond donors (Lipinski definition) is 3. The number of ether oxygens (including phenoxy) is 1. The van der Waals surface area contributed by atoms with Gasteiger partial charge in [0, 0.05) is 6.54 Å². The lowest BCUT2D eigenvalue weighted by Gasteiger charge is -2.15. The molecule has 0 fully saturated rings. The number of methoxy groups -OCH3 is 1. The van der Waals surface area contributed by atoms with Crippen LogP contribution in [0.1, 0.15) is 45.1 Å². The van der Waals surface area contributed by atoms with Crippen LogP contribution >= 0.6 is 12.2 Å². The molecule has 0 aromatic heterocycles. The van der Waals surface area contributed by atoms with E-state index in [1.807, 2.05) is 0 Å². The van der Waals surface area contributed by atoms with Crippen molar-refractivity contribution in [3.05, 3.63) is 29.6 Å². The highest BCUT2D eigenvalue weighted by Crippen LogP contribution is 2.17. The highest BCUT2D eigenvalue weighted by molar-refractivity contribution is 7.80. The van der Waals surface area contributed by atoms with E-state index in [1.165, 1.54) is 38.5 Å². The van der Waals surface area contributed by atoms with Gasteiger partial charge in [-0.15, -0.1) is 0 Å². The first-order valence-corrected chi connectivity index (χ1v) is 9.02. The van der Waals surface area contributed by atoms with Crippen LogP contribution in [0.2, 0.25) is 0 Å². The lowest BCUT2D eigenvalue weighted by Crippen LogP contribution is -2.48. The molecular formula is C18H28FN3O2S. The van der Waals surface area contributed by atoms with Gasteiger partial charge >= 0.3 is 0 Å². The molecule has 140 valence electrons. The van der Waals surface area contributed by atoms with E-state index in [9.17, 15) is 9.18 Å². The molecule has 0 aliphatic rings. The smallest absolute Gasteiger partial charge is 0.242 e. The van der Waals surface area contributed by atoms with Gasteiger partial charge in [-0.2, -0.15) is 0 Å². The van der Waals surface area contributed by atoms with Crippen molar-refractivity contribution in [3.63, 3.8) is 0 Å². The van der Waals surface area contributed by atoms with Crippen LogP contribution in [-0.2, 0) is 11.2 Å². The monoisotopic (exact) mass is 369 g/mol. The molecule has 0 aliphatic carbocycles. The third-order valence-electron chi connectivity index (χ3n) is 3.81. The predicted molar refractivity (Wildman–Crippen MR) is 102 cm³/mol. The molecule has 0 aliphatic heterocycles. The predicted octanol–water partition coefficient (Wildman–Crippen LogP) is 3.09. The summed E-state index contributed by atoms with van der Waals surface area (Å²) in [4.78, 5) is 11.9. The van der Waals surface area contributed by atoms with Crippen LogP contribution in [0.25, 0.3) is 0 Å². The minimum absolute atomic E-state index is 0.0456. The van der Waals surface area contributed by atoms with E-state index < -0.39 is 5.82 Å². The Labute approximate surface area is 154 Å². The van der Waals surface area contributed by atoms with Crippen LogP contribution in [0.4, 0.5) is 4.39 Å². The fourth-order valence-electron chi connectivity index (χ4n) is 2.33. The molecule has 7 heteroatoms. The number of carbonyl (C=O) groups excluding carboxylic acids is 1. The Morgan fingerprint density at radius 1 is 1.32 bits per heavy atom. The molecule has 1 aromatic carbocycles. The van der Waals surface area contributed by atoms with Crippen molar-refractivity contribution < 1.29 is 13.9 Å². The van der Waals surface area contributed by atoms with Gasteiger partial charge in [-0.1, -0.05) is 39.2 Å². The second-order valence-corrected chi connectivity index (χ2v) is 6.54. The van der Waals surface area contributed by atoms with E-state index in [-0.39, 0.29) is 18.1 Å². The van der Waals surface area contributed by atoms with E-state index in [0.717, 1.165) is 13.0 Å². The normalized spacial score (nSPS) is 11.5. The summed E-state index contributed by atoms with van der Waals surface area (Å²) in [6, 6.07) is 4.43. The molecule has 1 aromatic rings. The minimum atomic E-state index is -0.491. The summed E-state index contributed by atoms with van der Waals surface area (Å²) in [5.74, 6) is -0.121. The Morgan fingerprint density at radius 3 is 2.72 bits per heavy atom. The van der Waals surface area contributed by atoms with Crippen LogP contribution in [-0.4, -0.2) is 24.7 Å². The number of amides is 1. The molecule has 0 radical (unpaired) electrons. The summed E-state index contributed by atoms with van der Waals surface area (Å²) in [5.41, 5.74) is 5.73. The Balaban J connectivity index is 2.27. The van der Waals surface area contributed by atoms with Crippen molar-refractivity contribution in [2.24, 2.45) is 5.92 Å². The van der Waals surface area contributed by atoms with Gasteiger partial charge in [0.2, 0.25) is 5.91 Å². The summed E-state index contributed by atoms with van der Waals surface area (Å²) in [6.07, 6.45) is 4.87. The topological polar surface area (TPSA) is 62.4 Å². The zero-order valence-corrected chi connectivity index (χ0v) is 16.0. The second-order valence-electron chi connectivity index (χ2n) is 6.13. The zero-order valence-electron chi connectivity index (χ0n) is 15.2. The van der Waals surface area contributed by atoms with Gasteiger partial charge in [0.05, 0.1) is 13.5 Å². The van der Waals surface area contributed by atoms with E-state index in [4.69, 9.17) is 17.0 Å². The summed E-state index contributed by atoms with van der Waals surface area (Å²) >= 11 is 5.13. The van der Waals surface area contributed by atoms with Crippen LogP contribution < -0.4 is 20.9 Å². The van der Waals surface area contributed by atoms with Crippen LogP contribution in [0.5, 0.6) is 5.75 Å². The molecule has 0 bridgehead atoms. The van der Waals surface area contributed by atoms with Gasteiger partial charge in [-0.3, -0.25) is 15.6 Å². The quantitative estimate of drug-likeness (QED) is 0.355. The summed E-state index contributed by atoms with van der Waals surface area (Å²) < 4.78 is 18.4. The van der Waals surface area contributed by atoms with Crippen molar-refractivity contribution in [2.75, 3.05) is 13.7 Å². The highest BCUT2D eigenvalue weighted by atomic mass is 32.1. The number of halogens is 1. The van der Waals surface area contributed by atoms with Gasteiger partial charge < -0.3 is 10.1 Å². The number of unbranched alkanes of at least 4 members (excludes halogenated alkanes) is 2. The van der Waals surface area contributed by atoms with Gasteiger partial charge in [0.1, 0.15) is 0 Å². The molecule has 1 amide bonds. The van der Waals surface area contributed by atoms with E-state index in [2.05, 4.69) is 30.0 Å². The van der Waals surface area contributed by atoms with Gasteiger partial charge in [-0.25, -0.2) is 4.39 Å². The highest BCUT2D eigenvalue weighted by Gasteiger charge is 2.08. The number of nitrogens with one attached hydrogen (secondary N) is 3. The summed E-state index contributed by atoms with van der Waals surface area (Å²) in [7, 11) is 1.40. The van der Waals surface area contributed by atoms with E-state index >= 15 is 0 Å². The number of rotatable bonds is 9. The molecule has 1 atom stereocenters.